The van der Waals surface area contributed by atoms with E-state index < -0.39 is 11.9 Å². The lowest BCUT2D eigenvalue weighted by Crippen LogP contribution is -2.42. The molecule has 0 aromatic rings. The van der Waals surface area contributed by atoms with Crippen LogP contribution in [0.25, 0.3) is 0 Å². The van der Waals surface area contributed by atoms with Gasteiger partial charge in [0, 0.05) is 12.8 Å². The molecule has 0 N–H and O–H groups in total. The van der Waals surface area contributed by atoms with Gasteiger partial charge < -0.3 is 19.8 Å². The number of carboxylic acid groups (broad SMARTS) is 2. The van der Waals surface area contributed by atoms with Crippen molar-refractivity contribution in [3.63, 3.8) is 0 Å². The number of aliphatic carboxylic acids is 2. The lowest BCUT2D eigenvalue weighted by atomic mass is 10.6. The molecule has 4 nitrogen and oxygen atoms in total. The van der Waals surface area contributed by atoms with E-state index in [1.54, 1.807) is 0 Å². The summed E-state index contributed by atoms with van der Waals surface area (Å²) < 4.78 is 0. The smallest absolute Gasteiger partial charge is 0.543 e. The van der Waals surface area contributed by atoms with Crippen LogP contribution in [0.4, 0.5) is 0 Å². The van der Waals surface area contributed by atoms with Crippen molar-refractivity contribution in [1.82, 2.24) is 0 Å². The van der Waals surface area contributed by atoms with Crippen LogP contribution in [-0.2, 0) is 9.59 Å². The van der Waals surface area contributed by atoms with E-state index in [4.69, 9.17) is 19.8 Å². The molecule has 0 spiro atoms. The first kappa shape index (κ1) is 14.7. The summed E-state index contributed by atoms with van der Waals surface area (Å²) in [6.07, 6.45) is 2.75. The summed E-state index contributed by atoms with van der Waals surface area (Å²) >= 11 is 0. The van der Waals surface area contributed by atoms with Gasteiger partial charge in [0.05, 0.1) is 11.9 Å². The number of hydrogen-bond acceptors (Lipinski definition) is 4. The largest absolute Gasteiger partial charge is 0.903 e. The van der Waals surface area contributed by atoms with E-state index in [1.165, 1.54) is 34.4 Å². The maximum absolute atomic E-state index is 8.93. The minimum absolute atomic E-state index is 1.23. The maximum Gasteiger partial charge on any atom is 0.903 e. The van der Waals surface area contributed by atoms with Gasteiger partial charge in [-0.25, -0.2) is 0 Å². The monoisotopic (exact) mass is 202 g/mol. The molecule has 74 valence electrons. The van der Waals surface area contributed by atoms with Crippen molar-refractivity contribution >= 4 is 21.5 Å². The van der Waals surface area contributed by atoms with Crippen LogP contribution in [0.2, 0.25) is 12.1 Å². The van der Waals surface area contributed by atoms with Gasteiger partial charge in [-0.15, -0.1) is 0 Å². The van der Waals surface area contributed by atoms with Gasteiger partial charge in [0.2, 0.25) is 12.1 Å². The summed E-state index contributed by atoms with van der Waals surface area (Å²) in [6, 6.07) is 2.90. The Bertz CT molecular complexity index is 131. The Labute approximate surface area is 80.8 Å². The topological polar surface area (TPSA) is 80.3 Å². The highest BCUT2D eigenvalue weighted by atomic mass is 28.2. The summed E-state index contributed by atoms with van der Waals surface area (Å²) in [6.45, 7) is 4.51. The zero-order chi connectivity index (χ0) is 10.7. The van der Waals surface area contributed by atoms with Crippen LogP contribution in [0.1, 0.15) is 26.7 Å². The molecule has 0 saturated heterocycles. The van der Waals surface area contributed by atoms with Crippen LogP contribution < -0.4 is 10.2 Å². The second-order valence-electron chi connectivity index (χ2n) is 2.32. The van der Waals surface area contributed by atoms with E-state index in [2.05, 4.69) is 13.8 Å². The fraction of sp³-hybridized carbons (Fsp3) is 0.750. The first-order valence-electron chi connectivity index (χ1n) is 4.19. The first-order valence-corrected chi connectivity index (χ1v) is 5.60. The molecule has 0 atom stereocenters. The SMILES string of the molecule is CCC[Si+2]CCC.O=C([O-])C(=O)[O-]. The Hall–Kier alpha value is -0.843. The number of carbonyl (C=O) groups excluding carboxylic acids is 2. The minimum atomic E-state index is -2.19. The van der Waals surface area contributed by atoms with Crippen LogP contribution in [0, 0.1) is 0 Å². The van der Waals surface area contributed by atoms with Gasteiger partial charge in [0.1, 0.15) is 0 Å². The molecule has 5 heteroatoms. The lowest BCUT2D eigenvalue weighted by molar-refractivity contribution is -0.345. The second kappa shape index (κ2) is 11.2. The predicted molar refractivity (Wildman–Crippen MR) is 46.0 cm³/mol. The third-order valence-corrected chi connectivity index (χ3v) is 2.73. The molecule has 0 aliphatic carbocycles. The highest BCUT2D eigenvalue weighted by Crippen LogP contribution is 1.92. The fourth-order valence-electron chi connectivity index (χ4n) is 0.479. The van der Waals surface area contributed by atoms with Crippen molar-refractivity contribution in [2.75, 3.05) is 0 Å². The molecule has 0 aromatic heterocycles. The second-order valence-corrected chi connectivity index (χ2v) is 3.82. The molecule has 0 bridgehead atoms. The highest BCUT2D eigenvalue weighted by molar-refractivity contribution is 6.35. The molecular formula is C8H14O4Si. The Balaban J connectivity index is 0. The summed E-state index contributed by atoms with van der Waals surface area (Å²) in [4.78, 5) is 17.9. The van der Waals surface area contributed by atoms with Gasteiger partial charge >= 0.3 is 9.52 Å². The number of rotatable bonds is 4. The van der Waals surface area contributed by atoms with Gasteiger partial charge in [0.25, 0.3) is 0 Å². The molecule has 0 rings (SSSR count). The van der Waals surface area contributed by atoms with Gasteiger partial charge in [-0.05, 0) is 0 Å². The average Bonchev–Trinajstić information content (AvgIpc) is 2.06. The van der Waals surface area contributed by atoms with Crippen molar-refractivity contribution in [2.24, 2.45) is 0 Å². The van der Waals surface area contributed by atoms with Crippen LogP contribution in [0.15, 0.2) is 0 Å². The molecule has 0 heterocycles. The third kappa shape index (κ3) is 18.3. The Kier molecular flexibility index (Phi) is 12.6. The summed E-state index contributed by atoms with van der Waals surface area (Å²) in [5.41, 5.74) is 0. The van der Waals surface area contributed by atoms with Crippen molar-refractivity contribution in [2.45, 2.75) is 38.8 Å². The number of carbonyl (C=O) groups is 2. The van der Waals surface area contributed by atoms with Crippen molar-refractivity contribution in [3.8, 4) is 0 Å². The first-order chi connectivity index (χ1) is 6.06. The fourth-order valence-corrected chi connectivity index (χ4v) is 1.44. The Morgan fingerprint density at radius 3 is 1.46 bits per heavy atom. The number of carboxylic acids is 2. The molecule has 13 heavy (non-hydrogen) atoms. The zero-order valence-electron chi connectivity index (χ0n) is 7.96. The zero-order valence-corrected chi connectivity index (χ0v) is 8.96. The van der Waals surface area contributed by atoms with Crippen LogP contribution in [-0.4, -0.2) is 21.5 Å². The summed E-state index contributed by atoms with van der Waals surface area (Å²) in [5.74, 6) is -4.37. The van der Waals surface area contributed by atoms with Gasteiger partial charge in [-0.1, -0.05) is 13.8 Å². The Morgan fingerprint density at radius 2 is 1.31 bits per heavy atom. The normalized spacial score (nSPS) is 7.85. The minimum Gasteiger partial charge on any atom is -0.543 e. The van der Waals surface area contributed by atoms with E-state index in [1.807, 2.05) is 0 Å². The van der Waals surface area contributed by atoms with E-state index in [0.29, 0.717) is 0 Å². The van der Waals surface area contributed by atoms with E-state index in [9.17, 15) is 0 Å². The summed E-state index contributed by atoms with van der Waals surface area (Å²) in [7, 11) is 1.23. The third-order valence-electron chi connectivity index (χ3n) is 1.02. The van der Waals surface area contributed by atoms with Crippen molar-refractivity contribution < 1.29 is 19.8 Å². The molecule has 0 radical (unpaired) electrons. The van der Waals surface area contributed by atoms with Crippen LogP contribution >= 0.6 is 0 Å². The maximum atomic E-state index is 8.93. The van der Waals surface area contributed by atoms with Crippen LogP contribution in [0.3, 0.4) is 0 Å². The molecule has 0 saturated carbocycles. The quantitative estimate of drug-likeness (QED) is 0.327. The van der Waals surface area contributed by atoms with Gasteiger partial charge in [-0.2, -0.15) is 0 Å². The van der Waals surface area contributed by atoms with E-state index >= 15 is 0 Å². The van der Waals surface area contributed by atoms with Gasteiger partial charge in [-0.3, -0.25) is 0 Å². The lowest BCUT2D eigenvalue weighted by Gasteiger charge is -1.97. The molecule has 0 unspecified atom stereocenters. The van der Waals surface area contributed by atoms with Crippen LogP contribution in [0.5, 0.6) is 0 Å². The van der Waals surface area contributed by atoms with Crippen molar-refractivity contribution in [3.05, 3.63) is 0 Å². The van der Waals surface area contributed by atoms with Crippen molar-refractivity contribution in [1.29, 1.82) is 0 Å². The number of hydrogen-bond donors (Lipinski definition) is 0. The molecular weight excluding hydrogens is 188 g/mol. The molecule has 0 aliphatic heterocycles. The summed E-state index contributed by atoms with van der Waals surface area (Å²) in [5, 5.41) is 17.9. The molecule has 0 amide bonds. The average molecular weight is 202 g/mol. The molecule has 0 aromatic carbocycles. The molecule has 0 aliphatic rings. The predicted octanol–water partition coefficient (Wildman–Crippen LogP) is -1.17. The molecule has 0 fully saturated rings. The standard InChI is InChI=1S/C6H14Si.C2H2O4/c1-3-5-7-6-4-2;3-1(4)2(5)6/h3-6H2,1-2H3;(H,3,4)(H,5,6)/q+2;/p-2. The van der Waals surface area contributed by atoms with Gasteiger partial charge in [0.15, 0.2) is 0 Å². The van der Waals surface area contributed by atoms with E-state index in [0.717, 1.165) is 0 Å². The van der Waals surface area contributed by atoms with E-state index in [-0.39, 0.29) is 0 Å². The Morgan fingerprint density at radius 1 is 1.00 bits per heavy atom. The highest BCUT2D eigenvalue weighted by Gasteiger charge is 2.27.